The lowest BCUT2D eigenvalue weighted by Gasteiger charge is -1.91. The Morgan fingerprint density at radius 3 is 1.76 bits per heavy atom. The van der Waals surface area contributed by atoms with Crippen molar-refractivity contribution in [1.29, 1.82) is 0 Å². The van der Waals surface area contributed by atoms with Crippen molar-refractivity contribution in [2.24, 2.45) is 0 Å². The zero-order valence-corrected chi connectivity index (χ0v) is 26.7. The Morgan fingerprint density at radius 2 is 1.18 bits per heavy atom. The smallest absolute Gasteiger partial charge is 0.0812 e. The van der Waals surface area contributed by atoms with Crippen LogP contribution in [0.5, 0.6) is 0 Å². The quantitative estimate of drug-likeness (QED) is 0.164. The highest BCUT2D eigenvalue weighted by atomic mass is 32.1. The first-order valence-corrected chi connectivity index (χ1v) is 16.4. The van der Waals surface area contributed by atoms with Gasteiger partial charge in [0, 0.05) is 59.5 Å². The summed E-state index contributed by atoms with van der Waals surface area (Å²) in [6.45, 7) is 0. The van der Waals surface area contributed by atoms with Crippen molar-refractivity contribution in [3.63, 3.8) is 0 Å². The Bertz CT molecular complexity index is 1660. The van der Waals surface area contributed by atoms with Crippen molar-refractivity contribution in [3.8, 4) is 0 Å². The van der Waals surface area contributed by atoms with Gasteiger partial charge in [-0.15, -0.1) is 22.7 Å². The number of aromatic nitrogens is 6. The molecule has 45 heavy (non-hydrogen) atoms. The minimum atomic E-state index is 1.06. The Morgan fingerprint density at radius 1 is 0.422 bits per heavy atom. The number of benzene rings is 3. The Kier molecular flexibility index (Phi) is 15.0. The molecular weight excluding hydrogens is 613 g/mol. The fraction of sp³-hybridized carbons (Fsp3) is 0. The number of pyridine rings is 3. The molecule has 6 nitrogen and oxygen atoms in total. The van der Waals surface area contributed by atoms with E-state index in [1.54, 1.807) is 53.0 Å². The van der Waals surface area contributed by atoms with Crippen LogP contribution in [0.3, 0.4) is 0 Å². The van der Waals surface area contributed by atoms with Crippen molar-refractivity contribution in [1.82, 2.24) is 29.3 Å². The van der Waals surface area contributed by atoms with Gasteiger partial charge >= 0.3 is 0 Å². The first kappa shape index (κ1) is 32.7. The van der Waals surface area contributed by atoms with Gasteiger partial charge in [-0.25, -0.2) is 9.36 Å². The van der Waals surface area contributed by atoms with Crippen molar-refractivity contribution in [2.45, 2.75) is 0 Å². The number of hydrogen-bond donors (Lipinski definition) is 0. The summed E-state index contributed by atoms with van der Waals surface area (Å²) in [5.74, 6) is 0. The summed E-state index contributed by atoms with van der Waals surface area (Å²) in [7, 11) is 0. The normalized spacial score (nSPS) is 9.33. The van der Waals surface area contributed by atoms with Gasteiger partial charge in [-0.2, -0.15) is 0 Å². The Labute approximate surface area is 274 Å². The molecule has 6 heterocycles. The molecule has 0 atom stereocenters. The molecule has 9 aromatic rings. The Hall–Kier alpha value is -5.22. The molecule has 0 amide bonds. The van der Waals surface area contributed by atoms with Crippen LogP contribution < -0.4 is 0 Å². The number of para-hydroxylation sites is 2. The lowest BCUT2D eigenvalue weighted by molar-refractivity contribution is 1.33. The van der Waals surface area contributed by atoms with Gasteiger partial charge in [0.25, 0.3) is 0 Å². The monoisotopic (exact) mass is 642 g/mol. The predicted octanol–water partition coefficient (Wildman–Crippen LogP) is 10.1. The second-order valence-electron chi connectivity index (χ2n) is 8.63. The maximum absolute atomic E-state index is 4.18. The van der Waals surface area contributed by atoms with Crippen molar-refractivity contribution in [3.05, 3.63) is 180 Å². The van der Waals surface area contributed by atoms with Crippen molar-refractivity contribution in [2.75, 3.05) is 0 Å². The van der Waals surface area contributed by atoms with E-state index in [2.05, 4.69) is 59.6 Å². The molecule has 0 N–H and O–H groups in total. The largest absolute Gasteiger partial charge is 0.265 e. The van der Waals surface area contributed by atoms with Crippen LogP contribution in [0.15, 0.2) is 180 Å². The predicted molar refractivity (Wildman–Crippen MR) is 192 cm³/mol. The first-order chi connectivity index (χ1) is 22.4. The molecule has 0 spiro atoms. The van der Waals surface area contributed by atoms with Crippen molar-refractivity contribution < 1.29 is 0 Å². The van der Waals surface area contributed by atoms with Crippen molar-refractivity contribution >= 4 is 66.1 Å². The van der Waals surface area contributed by atoms with Gasteiger partial charge in [-0.05, 0) is 70.8 Å². The van der Waals surface area contributed by atoms with Gasteiger partial charge in [-0.1, -0.05) is 66.7 Å². The van der Waals surface area contributed by atoms with E-state index in [1.165, 1.54) is 32.4 Å². The molecule has 0 unspecified atom stereocenters. The zero-order valence-electron chi connectivity index (χ0n) is 24.2. The summed E-state index contributed by atoms with van der Waals surface area (Å²) >= 11 is 4.74. The average molecular weight is 643 g/mol. The van der Waals surface area contributed by atoms with Gasteiger partial charge in [-0.3, -0.25) is 19.9 Å². The third-order valence-corrected chi connectivity index (χ3v) is 7.41. The maximum atomic E-state index is 4.18. The highest BCUT2D eigenvalue weighted by Gasteiger charge is 1.90. The second-order valence-corrected chi connectivity index (χ2v) is 11.0. The molecule has 0 aliphatic carbocycles. The molecule has 0 radical (unpaired) electrons. The summed E-state index contributed by atoms with van der Waals surface area (Å²) < 4.78 is 5.03. The van der Waals surface area contributed by atoms with E-state index in [-0.39, 0.29) is 0 Å². The lowest BCUT2D eigenvalue weighted by Crippen LogP contribution is -1.73. The molecule has 0 saturated carbocycles. The van der Waals surface area contributed by atoms with Crippen LogP contribution in [0.4, 0.5) is 0 Å². The molecule has 9 heteroatoms. The van der Waals surface area contributed by atoms with E-state index in [9.17, 15) is 0 Å². The number of nitrogens with zero attached hydrogens (tertiary/aromatic N) is 6. The van der Waals surface area contributed by atoms with Crippen LogP contribution in [-0.4, -0.2) is 29.3 Å². The van der Waals surface area contributed by atoms with Crippen LogP contribution in [0, 0.1) is 0 Å². The summed E-state index contributed by atoms with van der Waals surface area (Å²) in [6.07, 6.45) is 12.5. The van der Waals surface area contributed by atoms with E-state index in [0.29, 0.717) is 0 Å². The van der Waals surface area contributed by atoms with Crippen LogP contribution in [0.2, 0.25) is 0 Å². The minimum Gasteiger partial charge on any atom is -0.265 e. The van der Waals surface area contributed by atoms with E-state index < -0.39 is 0 Å². The average Bonchev–Trinajstić information content (AvgIpc) is 3.97. The summed E-state index contributed by atoms with van der Waals surface area (Å²) in [5, 5.41) is 7.51. The fourth-order valence-electron chi connectivity index (χ4n) is 3.51. The standard InChI is InChI=1S/2C9H7N.C7H5NS.C5H5N.2C3H3NS/c1-2-6-9-8(4-1)5-3-7-10-9;1-2-4-9-7-10-6-5-8(9)3-1;1-2-4-7-6(3-1)8-5-9-7;1-2-4-6-5-3-1;1-2-5-3-4-1;1-2-4-5-3-1/h2*1-7H;1-5H;1-5H;2*1-3H. The third kappa shape index (κ3) is 12.9. The van der Waals surface area contributed by atoms with Crippen LogP contribution >= 0.6 is 34.2 Å². The Balaban J connectivity index is 0.000000126. The van der Waals surface area contributed by atoms with E-state index >= 15 is 0 Å². The number of rotatable bonds is 0. The zero-order chi connectivity index (χ0) is 31.0. The molecule has 3 aromatic carbocycles. The molecule has 0 bridgehead atoms. The van der Waals surface area contributed by atoms with E-state index in [4.69, 9.17) is 0 Å². The lowest BCUT2D eigenvalue weighted by atomic mass is 10.2. The van der Waals surface area contributed by atoms with E-state index in [0.717, 1.165) is 11.0 Å². The summed E-state index contributed by atoms with van der Waals surface area (Å²) in [4.78, 5) is 19.9. The molecular formula is C36H30N6S3. The number of hydrogen-bond acceptors (Lipinski definition) is 9. The molecule has 0 aliphatic rings. The minimum absolute atomic E-state index is 1.06. The molecule has 0 aliphatic heterocycles. The van der Waals surface area contributed by atoms with Crippen LogP contribution in [0.1, 0.15) is 0 Å². The topological polar surface area (TPSA) is 77.3 Å². The first-order valence-electron chi connectivity index (χ1n) is 13.8. The molecule has 6 aromatic heterocycles. The summed E-state index contributed by atoms with van der Waals surface area (Å²) in [6, 6.07) is 38.0. The molecule has 0 saturated heterocycles. The fourth-order valence-corrected chi connectivity index (χ4v) is 4.89. The number of fused-ring (bicyclic) bond motifs is 3. The second kappa shape index (κ2) is 20.6. The third-order valence-electron chi connectivity index (χ3n) is 5.56. The van der Waals surface area contributed by atoms with Crippen LogP contribution in [-0.2, 0) is 0 Å². The molecule has 0 fully saturated rings. The highest BCUT2D eigenvalue weighted by Crippen LogP contribution is 2.15. The number of thiazole rings is 2. The van der Waals surface area contributed by atoms with Crippen LogP contribution in [0.25, 0.3) is 31.9 Å². The highest BCUT2D eigenvalue weighted by molar-refractivity contribution is 7.16. The van der Waals surface area contributed by atoms with Gasteiger partial charge in [0.2, 0.25) is 0 Å². The summed E-state index contributed by atoms with van der Waals surface area (Å²) in [5.41, 5.74) is 5.82. The van der Waals surface area contributed by atoms with E-state index in [1.807, 2.05) is 120 Å². The molecule has 9 rings (SSSR count). The maximum Gasteiger partial charge on any atom is 0.0812 e. The van der Waals surface area contributed by atoms with Gasteiger partial charge < -0.3 is 0 Å². The SMILES string of the molecule is c1ccc2cnccc2c1.c1ccc2ncccc2c1.c1ccc2scnc2c1.c1ccncc1.c1cnsc1.c1cscn1. The van der Waals surface area contributed by atoms with Gasteiger partial charge in [0.15, 0.2) is 0 Å². The molecule has 222 valence electrons. The van der Waals surface area contributed by atoms with Gasteiger partial charge in [0.05, 0.1) is 26.8 Å². The van der Waals surface area contributed by atoms with Gasteiger partial charge in [0.1, 0.15) is 0 Å².